The third-order valence-corrected chi connectivity index (χ3v) is 2.08. The van der Waals surface area contributed by atoms with Crippen molar-refractivity contribution in [2.24, 2.45) is 5.92 Å². The van der Waals surface area contributed by atoms with Crippen molar-refractivity contribution >= 4 is 5.78 Å². The Labute approximate surface area is 75.7 Å². The van der Waals surface area contributed by atoms with E-state index in [0.717, 1.165) is 25.7 Å². The Hall–Kier alpha value is -0.370. The molecular weight excluding hydrogens is 150 g/mol. The number of rotatable bonds is 7. The number of hydrogen-bond donors (Lipinski definition) is 1. The van der Waals surface area contributed by atoms with E-state index < -0.39 is 0 Å². The standard InChI is InChI=1S/C10H21NO/c1-4-6-9(7-5-2)10(12)8-11-3/h9,11H,4-8H2,1-3H3. The van der Waals surface area contributed by atoms with Crippen molar-refractivity contribution in [3.05, 3.63) is 0 Å². The lowest BCUT2D eigenvalue weighted by molar-refractivity contribution is -0.122. The van der Waals surface area contributed by atoms with E-state index >= 15 is 0 Å². The van der Waals surface area contributed by atoms with Gasteiger partial charge < -0.3 is 5.32 Å². The molecule has 0 aliphatic carbocycles. The van der Waals surface area contributed by atoms with Gasteiger partial charge in [-0.15, -0.1) is 0 Å². The van der Waals surface area contributed by atoms with E-state index in [1.165, 1.54) is 0 Å². The fourth-order valence-electron chi connectivity index (χ4n) is 1.48. The lowest BCUT2D eigenvalue weighted by Crippen LogP contribution is -2.25. The summed E-state index contributed by atoms with van der Waals surface area (Å²) in [6.45, 7) is 4.80. The zero-order chi connectivity index (χ0) is 9.40. The van der Waals surface area contributed by atoms with Crippen molar-refractivity contribution in [2.45, 2.75) is 39.5 Å². The van der Waals surface area contributed by atoms with Gasteiger partial charge in [-0.1, -0.05) is 26.7 Å². The van der Waals surface area contributed by atoms with Crippen molar-refractivity contribution in [2.75, 3.05) is 13.6 Å². The molecule has 0 aliphatic heterocycles. The van der Waals surface area contributed by atoms with Crippen LogP contribution >= 0.6 is 0 Å². The molecule has 0 saturated carbocycles. The highest BCUT2D eigenvalue weighted by Crippen LogP contribution is 2.13. The van der Waals surface area contributed by atoms with Gasteiger partial charge in [0.1, 0.15) is 5.78 Å². The highest BCUT2D eigenvalue weighted by molar-refractivity contribution is 5.82. The maximum atomic E-state index is 11.5. The second-order valence-corrected chi connectivity index (χ2v) is 3.27. The molecular formula is C10H21NO. The summed E-state index contributed by atoms with van der Waals surface area (Å²) in [7, 11) is 1.83. The normalized spacial score (nSPS) is 10.7. The minimum atomic E-state index is 0.299. The molecule has 0 amide bonds. The van der Waals surface area contributed by atoms with Crippen LogP contribution in [-0.2, 0) is 4.79 Å². The van der Waals surface area contributed by atoms with Crippen molar-refractivity contribution in [3.8, 4) is 0 Å². The van der Waals surface area contributed by atoms with E-state index in [2.05, 4.69) is 19.2 Å². The second kappa shape index (κ2) is 7.29. The summed E-state index contributed by atoms with van der Waals surface area (Å²) < 4.78 is 0. The molecule has 2 heteroatoms. The molecule has 0 saturated heterocycles. The molecule has 0 unspecified atom stereocenters. The molecule has 0 atom stereocenters. The molecule has 72 valence electrons. The molecule has 0 bridgehead atoms. The van der Waals surface area contributed by atoms with Gasteiger partial charge in [0, 0.05) is 5.92 Å². The summed E-state index contributed by atoms with van der Waals surface area (Å²) in [5, 5.41) is 2.92. The summed E-state index contributed by atoms with van der Waals surface area (Å²) >= 11 is 0. The first-order valence-corrected chi connectivity index (χ1v) is 4.93. The van der Waals surface area contributed by atoms with Gasteiger partial charge in [-0.2, -0.15) is 0 Å². The molecule has 0 heterocycles. The van der Waals surface area contributed by atoms with Gasteiger partial charge in [0.2, 0.25) is 0 Å². The molecule has 0 radical (unpaired) electrons. The van der Waals surface area contributed by atoms with Gasteiger partial charge in [-0.25, -0.2) is 0 Å². The van der Waals surface area contributed by atoms with E-state index in [-0.39, 0.29) is 0 Å². The Balaban J connectivity index is 3.81. The average Bonchev–Trinajstić information content (AvgIpc) is 2.04. The summed E-state index contributed by atoms with van der Waals surface area (Å²) in [5.41, 5.74) is 0. The van der Waals surface area contributed by atoms with Gasteiger partial charge >= 0.3 is 0 Å². The molecule has 2 nitrogen and oxygen atoms in total. The number of nitrogens with one attached hydrogen (secondary N) is 1. The third kappa shape index (κ3) is 4.50. The van der Waals surface area contributed by atoms with E-state index in [4.69, 9.17) is 0 Å². The smallest absolute Gasteiger partial charge is 0.149 e. The van der Waals surface area contributed by atoms with Crippen LogP contribution in [0.1, 0.15) is 39.5 Å². The lowest BCUT2D eigenvalue weighted by atomic mass is 9.94. The van der Waals surface area contributed by atoms with Crippen LogP contribution in [0.5, 0.6) is 0 Å². The minimum Gasteiger partial charge on any atom is -0.313 e. The average molecular weight is 171 g/mol. The number of carbonyl (C=O) groups is 1. The number of carbonyl (C=O) groups excluding carboxylic acids is 1. The van der Waals surface area contributed by atoms with Crippen molar-refractivity contribution < 1.29 is 4.79 Å². The predicted octanol–water partition coefficient (Wildman–Crippen LogP) is 1.99. The summed E-state index contributed by atoms with van der Waals surface area (Å²) in [6, 6.07) is 0. The molecule has 0 aromatic carbocycles. The first-order valence-electron chi connectivity index (χ1n) is 4.93. The van der Waals surface area contributed by atoms with E-state index in [1.54, 1.807) is 0 Å². The Bertz CT molecular complexity index is 117. The molecule has 0 fully saturated rings. The van der Waals surface area contributed by atoms with Crippen LogP contribution in [0.15, 0.2) is 0 Å². The summed E-state index contributed by atoms with van der Waals surface area (Å²) in [6.07, 6.45) is 4.32. The lowest BCUT2D eigenvalue weighted by Gasteiger charge is -2.12. The van der Waals surface area contributed by atoms with Gasteiger partial charge in [0.05, 0.1) is 6.54 Å². The quantitative estimate of drug-likeness (QED) is 0.634. The minimum absolute atomic E-state index is 0.299. The van der Waals surface area contributed by atoms with Crippen molar-refractivity contribution in [1.29, 1.82) is 0 Å². The van der Waals surface area contributed by atoms with Crippen LogP contribution in [0.4, 0.5) is 0 Å². The topological polar surface area (TPSA) is 29.1 Å². The zero-order valence-electron chi connectivity index (χ0n) is 8.52. The predicted molar refractivity (Wildman–Crippen MR) is 52.2 cm³/mol. The molecule has 0 aliphatic rings. The van der Waals surface area contributed by atoms with Gasteiger partial charge in [-0.3, -0.25) is 4.79 Å². The first kappa shape index (κ1) is 11.6. The fourth-order valence-corrected chi connectivity index (χ4v) is 1.48. The zero-order valence-corrected chi connectivity index (χ0v) is 8.52. The van der Waals surface area contributed by atoms with Gasteiger partial charge in [0.25, 0.3) is 0 Å². The number of Topliss-reactive ketones (excluding diaryl/α,β-unsaturated/α-hetero) is 1. The van der Waals surface area contributed by atoms with Gasteiger partial charge in [-0.05, 0) is 19.9 Å². The van der Waals surface area contributed by atoms with Crippen molar-refractivity contribution in [3.63, 3.8) is 0 Å². The Morgan fingerprint density at radius 3 is 2.08 bits per heavy atom. The largest absolute Gasteiger partial charge is 0.313 e. The molecule has 0 rings (SSSR count). The highest BCUT2D eigenvalue weighted by atomic mass is 16.1. The maximum Gasteiger partial charge on any atom is 0.149 e. The first-order chi connectivity index (χ1) is 5.76. The Morgan fingerprint density at radius 2 is 1.75 bits per heavy atom. The highest BCUT2D eigenvalue weighted by Gasteiger charge is 2.14. The second-order valence-electron chi connectivity index (χ2n) is 3.27. The maximum absolute atomic E-state index is 11.5. The third-order valence-electron chi connectivity index (χ3n) is 2.08. The number of likely N-dealkylation sites (N-methyl/N-ethyl adjacent to an activating group) is 1. The summed E-state index contributed by atoms with van der Waals surface area (Å²) in [5.74, 6) is 0.675. The van der Waals surface area contributed by atoms with Crippen LogP contribution < -0.4 is 5.32 Å². The molecule has 0 spiro atoms. The molecule has 0 aromatic heterocycles. The Morgan fingerprint density at radius 1 is 1.25 bits per heavy atom. The van der Waals surface area contributed by atoms with Crippen molar-refractivity contribution in [1.82, 2.24) is 5.32 Å². The summed E-state index contributed by atoms with van der Waals surface area (Å²) in [4.78, 5) is 11.5. The fraction of sp³-hybridized carbons (Fsp3) is 0.900. The Kier molecular flexibility index (Phi) is 7.06. The molecule has 12 heavy (non-hydrogen) atoms. The van der Waals surface area contributed by atoms with E-state index in [1.807, 2.05) is 7.05 Å². The van der Waals surface area contributed by atoms with Crippen LogP contribution in [0, 0.1) is 5.92 Å². The van der Waals surface area contributed by atoms with Crippen LogP contribution in [0.3, 0.4) is 0 Å². The SMILES string of the molecule is CCCC(CCC)C(=O)CNC. The molecule has 0 aromatic rings. The monoisotopic (exact) mass is 171 g/mol. The van der Waals surface area contributed by atoms with Crippen LogP contribution in [0.2, 0.25) is 0 Å². The molecule has 1 N–H and O–H groups in total. The van der Waals surface area contributed by atoms with E-state index in [9.17, 15) is 4.79 Å². The van der Waals surface area contributed by atoms with Crippen LogP contribution in [-0.4, -0.2) is 19.4 Å². The van der Waals surface area contributed by atoms with Gasteiger partial charge in [0.15, 0.2) is 0 Å². The number of hydrogen-bond acceptors (Lipinski definition) is 2. The van der Waals surface area contributed by atoms with E-state index in [0.29, 0.717) is 18.2 Å². The number of ketones is 1. The van der Waals surface area contributed by atoms with Crippen LogP contribution in [0.25, 0.3) is 0 Å².